The van der Waals surface area contributed by atoms with Gasteiger partial charge >= 0.3 is 0 Å². The van der Waals surface area contributed by atoms with Crippen LogP contribution in [0.25, 0.3) is 0 Å². The zero-order valence-electron chi connectivity index (χ0n) is 9.59. The molecule has 0 saturated heterocycles. The molecule has 0 saturated carbocycles. The lowest BCUT2D eigenvalue weighted by Crippen LogP contribution is -2.16. The van der Waals surface area contributed by atoms with Crippen LogP contribution >= 0.6 is 27.7 Å². The lowest BCUT2D eigenvalue weighted by molar-refractivity contribution is 0.650. The monoisotopic (exact) mass is 312 g/mol. The highest BCUT2D eigenvalue weighted by Crippen LogP contribution is 2.25. The maximum absolute atomic E-state index is 6.22. The maximum Gasteiger partial charge on any atom is 0.153 e. The number of aromatic nitrogens is 3. The number of thioether (sulfide) groups is 1. The van der Waals surface area contributed by atoms with E-state index < -0.39 is 0 Å². The first-order valence-corrected chi connectivity index (χ1v) is 7.10. The second-order valence-electron chi connectivity index (χ2n) is 3.64. The summed E-state index contributed by atoms with van der Waals surface area (Å²) >= 11 is 5.08. The summed E-state index contributed by atoms with van der Waals surface area (Å²) in [4.78, 5) is 1.23. The van der Waals surface area contributed by atoms with Gasteiger partial charge < -0.3 is 5.73 Å². The minimum Gasteiger partial charge on any atom is -0.319 e. The average molecular weight is 313 g/mol. The third-order valence-electron chi connectivity index (χ3n) is 2.60. The average Bonchev–Trinajstić information content (AvgIpc) is 2.68. The molecule has 1 aromatic heterocycles. The van der Waals surface area contributed by atoms with Crippen LogP contribution < -0.4 is 5.73 Å². The Morgan fingerprint density at radius 1 is 1.35 bits per heavy atom. The predicted molar refractivity (Wildman–Crippen MR) is 73.0 cm³/mol. The van der Waals surface area contributed by atoms with Crippen molar-refractivity contribution in [1.29, 1.82) is 0 Å². The van der Waals surface area contributed by atoms with Gasteiger partial charge in [0.1, 0.15) is 0 Å². The van der Waals surface area contributed by atoms with E-state index in [1.165, 1.54) is 4.90 Å². The van der Waals surface area contributed by atoms with Crippen molar-refractivity contribution in [2.45, 2.75) is 10.9 Å². The summed E-state index contributed by atoms with van der Waals surface area (Å²) in [5, 5.41) is 7.87. The van der Waals surface area contributed by atoms with Gasteiger partial charge in [0.2, 0.25) is 0 Å². The van der Waals surface area contributed by atoms with Crippen molar-refractivity contribution in [1.82, 2.24) is 15.0 Å². The maximum atomic E-state index is 6.22. The molecule has 2 aromatic rings. The van der Waals surface area contributed by atoms with Gasteiger partial charge in [0.25, 0.3) is 0 Å². The van der Waals surface area contributed by atoms with Gasteiger partial charge in [-0.15, -0.1) is 16.9 Å². The minimum atomic E-state index is -0.222. The van der Waals surface area contributed by atoms with Crippen LogP contribution in [0.15, 0.2) is 33.8 Å². The van der Waals surface area contributed by atoms with Crippen LogP contribution in [0.3, 0.4) is 0 Å². The second kappa shape index (κ2) is 5.20. The zero-order valence-corrected chi connectivity index (χ0v) is 12.0. The molecule has 0 aliphatic rings. The van der Waals surface area contributed by atoms with Crippen LogP contribution in [0.4, 0.5) is 0 Å². The van der Waals surface area contributed by atoms with Gasteiger partial charge in [-0.2, -0.15) is 0 Å². The third-order valence-corrected chi connectivity index (χ3v) is 3.90. The van der Waals surface area contributed by atoms with Crippen LogP contribution in [-0.2, 0) is 7.05 Å². The number of hydrogen-bond donors (Lipinski definition) is 1. The van der Waals surface area contributed by atoms with Crippen LogP contribution in [0.2, 0.25) is 0 Å². The van der Waals surface area contributed by atoms with Crippen molar-refractivity contribution >= 4 is 27.7 Å². The zero-order chi connectivity index (χ0) is 12.4. The molecule has 17 heavy (non-hydrogen) atoms. The van der Waals surface area contributed by atoms with E-state index in [1.807, 2.05) is 19.2 Å². The largest absolute Gasteiger partial charge is 0.319 e. The summed E-state index contributed by atoms with van der Waals surface area (Å²) in [5.74, 6) is 0. The highest BCUT2D eigenvalue weighted by molar-refractivity contribution is 9.10. The first-order valence-electron chi connectivity index (χ1n) is 5.08. The molecule has 0 spiro atoms. The fourth-order valence-electron chi connectivity index (χ4n) is 1.64. The Morgan fingerprint density at radius 2 is 2.00 bits per heavy atom. The molecule has 1 aromatic carbocycles. The molecule has 4 nitrogen and oxygen atoms in total. The molecule has 0 radical (unpaired) electrons. The summed E-state index contributed by atoms with van der Waals surface area (Å²) in [6.07, 6.45) is 2.05. The molecule has 6 heteroatoms. The third kappa shape index (κ3) is 2.53. The number of aryl methyl sites for hydroxylation is 1. The van der Waals surface area contributed by atoms with Crippen molar-refractivity contribution in [2.24, 2.45) is 12.8 Å². The summed E-state index contributed by atoms with van der Waals surface area (Å²) < 4.78 is 2.39. The van der Waals surface area contributed by atoms with Gasteiger partial charge in [0.05, 0.1) is 11.7 Å². The van der Waals surface area contributed by atoms with Crippen LogP contribution in [0.1, 0.15) is 17.3 Å². The quantitative estimate of drug-likeness (QED) is 0.884. The molecule has 2 rings (SSSR count). The number of nitrogens with zero attached hydrogens (tertiary/aromatic N) is 3. The number of benzene rings is 1. The van der Waals surface area contributed by atoms with E-state index in [1.54, 1.807) is 16.4 Å². The highest BCUT2D eigenvalue weighted by atomic mass is 79.9. The first kappa shape index (κ1) is 12.6. The van der Waals surface area contributed by atoms with E-state index in [0.717, 1.165) is 11.3 Å². The molecule has 2 N–H and O–H groups in total. The standard InChI is InChI=1S/C11H13BrN4S/c1-16-10(11(12)14-15-16)9(13)7-3-5-8(17-2)6-4-7/h3-6,9H,13H2,1-2H3. The molecule has 0 aliphatic carbocycles. The molecule has 0 fully saturated rings. The molecule has 1 unspecified atom stereocenters. The minimum absolute atomic E-state index is 0.222. The van der Waals surface area contributed by atoms with E-state index in [0.29, 0.717) is 4.60 Å². The summed E-state index contributed by atoms with van der Waals surface area (Å²) in [6, 6.07) is 7.99. The van der Waals surface area contributed by atoms with E-state index in [-0.39, 0.29) is 6.04 Å². The van der Waals surface area contributed by atoms with Crippen LogP contribution in [0.5, 0.6) is 0 Å². The van der Waals surface area contributed by atoms with Crippen molar-refractivity contribution < 1.29 is 0 Å². The predicted octanol–water partition coefficient (Wildman–Crippen LogP) is 2.35. The normalized spacial score (nSPS) is 12.7. The van der Waals surface area contributed by atoms with Crippen molar-refractivity contribution in [3.63, 3.8) is 0 Å². The van der Waals surface area contributed by atoms with Gasteiger partial charge in [0.15, 0.2) is 4.60 Å². The smallest absolute Gasteiger partial charge is 0.153 e. The fraction of sp³-hybridized carbons (Fsp3) is 0.273. The van der Waals surface area contributed by atoms with Crippen molar-refractivity contribution in [3.05, 3.63) is 40.1 Å². The Labute approximate surface area is 113 Å². The van der Waals surface area contributed by atoms with Crippen molar-refractivity contribution in [3.8, 4) is 0 Å². The molecule has 1 atom stereocenters. The van der Waals surface area contributed by atoms with Gasteiger partial charge in [-0.05, 0) is 39.9 Å². The summed E-state index contributed by atoms with van der Waals surface area (Å²) in [7, 11) is 1.84. The second-order valence-corrected chi connectivity index (χ2v) is 5.27. The molecular formula is C11H13BrN4S. The Balaban J connectivity index is 2.33. The molecular weight excluding hydrogens is 300 g/mol. The fourth-order valence-corrected chi connectivity index (χ4v) is 2.62. The number of hydrogen-bond acceptors (Lipinski definition) is 4. The Morgan fingerprint density at radius 3 is 2.47 bits per heavy atom. The number of rotatable bonds is 3. The number of nitrogens with two attached hydrogens (primary N) is 1. The van der Waals surface area contributed by atoms with E-state index >= 15 is 0 Å². The Kier molecular flexibility index (Phi) is 3.86. The molecule has 0 amide bonds. The van der Waals surface area contributed by atoms with Crippen molar-refractivity contribution in [2.75, 3.05) is 6.26 Å². The topological polar surface area (TPSA) is 56.7 Å². The highest BCUT2D eigenvalue weighted by Gasteiger charge is 2.17. The molecule has 90 valence electrons. The van der Waals surface area contributed by atoms with E-state index in [9.17, 15) is 0 Å². The molecule has 0 bridgehead atoms. The van der Waals surface area contributed by atoms with Crippen LogP contribution in [-0.4, -0.2) is 21.2 Å². The lowest BCUT2D eigenvalue weighted by atomic mass is 10.1. The summed E-state index contributed by atoms with van der Waals surface area (Å²) in [5.41, 5.74) is 8.14. The van der Waals surface area contributed by atoms with E-state index in [2.05, 4.69) is 44.6 Å². The van der Waals surface area contributed by atoms with E-state index in [4.69, 9.17) is 5.73 Å². The van der Waals surface area contributed by atoms with Gasteiger partial charge in [-0.1, -0.05) is 17.3 Å². The van der Waals surface area contributed by atoms with Gasteiger partial charge in [-0.3, -0.25) is 0 Å². The van der Waals surface area contributed by atoms with Gasteiger partial charge in [0, 0.05) is 11.9 Å². The van der Waals surface area contributed by atoms with Crippen LogP contribution in [0, 0.1) is 0 Å². The molecule has 1 heterocycles. The Bertz CT molecular complexity index is 489. The Hall–Kier alpha value is -0.850. The van der Waals surface area contributed by atoms with Gasteiger partial charge in [-0.25, -0.2) is 4.68 Å². The molecule has 0 aliphatic heterocycles. The lowest BCUT2D eigenvalue weighted by Gasteiger charge is -2.12. The SMILES string of the molecule is CSc1ccc(C(N)c2c(Br)nnn2C)cc1. The summed E-state index contributed by atoms with van der Waals surface area (Å²) in [6.45, 7) is 0. The first-order chi connectivity index (χ1) is 8.13. The number of halogens is 1.